The Labute approximate surface area is 161 Å². The van der Waals surface area contributed by atoms with Crippen molar-refractivity contribution in [2.24, 2.45) is 7.05 Å². The molecule has 3 rings (SSSR count). The molecule has 2 aromatic rings. The van der Waals surface area contributed by atoms with E-state index in [0.717, 1.165) is 19.1 Å². The van der Waals surface area contributed by atoms with Crippen molar-refractivity contribution in [1.29, 1.82) is 0 Å². The normalized spacial score (nSPS) is 15.7. The minimum absolute atomic E-state index is 0.0328. The van der Waals surface area contributed by atoms with Gasteiger partial charge in [-0.2, -0.15) is 5.10 Å². The highest BCUT2D eigenvalue weighted by atomic mass is 32.2. The van der Waals surface area contributed by atoms with Gasteiger partial charge in [0.2, 0.25) is 11.7 Å². The van der Waals surface area contributed by atoms with Crippen molar-refractivity contribution in [1.82, 2.24) is 9.78 Å². The van der Waals surface area contributed by atoms with E-state index < -0.39 is 26.8 Å². The van der Waals surface area contributed by atoms with E-state index in [1.54, 1.807) is 20.9 Å². The number of aryl methyl sites for hydroxylation is 1. The molecule has 9 heteroatoms. The Bertz CT molecular complexity index is 1020. The summed E-state index contributed by atoms with van der Waals surface area (Å²) in [5, 5.41) is 14.6. The largest absolute Gasteiger partial charge is 0.611 e. The summed E-state index contributed by atoms with van der Waals surface area (Å²) in [5.74, 6) is -0.274. The van der Waals surface area contributed by atoms with Crippen LogP contribution in [0.4, 0.5) is 0 Å². The van der Waals surface area contributed by atoms with Crippen LogP contribution >= 0.6 is 0 Å². The number of benzene rings is 1. The zero-order valence-electron chi connectivity index (χ0n) is 15.6. The van der Waals surface area contributed by atoms with Crippen LogP contribution in [-0.4, -0.2) is 45.6 Å². The minimum atomic E-state index is -3.60. The van der Waals surface area contributed by atoms with E-state index in [4.69, 9.17) is 0 Å². The molecule has 1 aliphatic carbocycles. The first-order valence-electron chi connectivity index (χ1n) is 8.60. The molecule has 0 saturated heterocycles. The summed E-state index contributed by atoms with van der Waals surface area (Å²) in [6, 6.07) is 2.75. The van der Waals surface area contributed by atoms with Gasteiger partial charge in [-0.15, -0.1) is 0 Å². The van der Waals surface area contributed by atoms with E-state index in [2.05, 4.69) is 5.10 Å². The van der Waals surface area contributed by atoms with Gasteiger partial charge in [0.1, 0.15) is 16.2 Å². The number of aromatic hydroxyl groups is 1. The van der Waals surface area contributed by atoms with Gasteiger partial charge in [-0.1, -0.05) is 0 Å². The molecule has 0 radical (unpaired) electrons. The van der Waals surface area contributed by atoms with Crippen LogP contribution in [0.15, 0.2) is 21.9 Å². The standard InChI is InChI=1S/C18H22N2O5S2/c1-5-26(23)17-10(2)12(8-9-13(17)27(4,24)25)16(21)14-15(11-6-7-11)19-20(3)18(14)22/h8-9,11,22H,5-7H2,1-4H3. The van der Waals surface area contributed by atoms with Crippen LogP contribution in [0.1, 0.15) is 52.9 Å². The predicted molar refractivity (Wildman–Crippen MR) is 102 cm³/mol. The fraction of sp³-hybridized carbons (Fsp3) is 0.444. The summed E-state index contributed by atoms with van der Waals surface area (Å²) in [5.41, 5.74) is 1.28. The Kier molecular flexibility index (Phi) is 5.13. The van der Waals surface area contributed by atoms with Crippen LogP contribution in [0.25, 0.3) is 0 Å². The molecular weight excluding hydrogens is 388 g/mol. The minimum Gasteiger partial charge on any atom is -0.611 e. The first-order valence-corrected chi connectivity index (χ1v) is 11.8. The molecule has 146 valence electrons. The second-order valence-corrected chi connectivity index (χ2v) is 10.4. The highest BCUT2D eigenvalue weighted by Gasteiger charge is 2.36. The van der Waals surface area contributed by atoms with E-state index in [1.165, 1.54) is 16.8 Å². The molecule has 0 bridgehead atoms. The topological polar surface area (TPSA) is 112 Å². The summed E-state index contributed by atoms with van der Waals surface area (Å²) >= 11 is -1.56. The van der Waals surface area contributed by atoms with Crippen LogP contribution in [0.3, 0.4) is 0 Å². The highest BCUT2D eigenvalue weighted by Crippen LogP contribution is 2.43. The summed E-state index contributed by atoms with van der Waals surface area (Å²) in [4.78, 5) is 13.3. The number of carbonyl (C=O) groups is 1. The fourth-order valence-corrected chi connectivity index (χ4v) is 5.73. The van der Waals surface area contributed by atoms with Crippen molar-refractivity contribution in [3.63, 3.8) is 0 Å². The maximum Gasteiger partial charge on any atom is 0.220 e. The van der Waals surface area contributed by atoms with Crippen molar-refractivity contribution in [2.75, 3.05) is 12.0 Å². The second kappa shape index (κ2) is 6.96. The first kappa shape index (κ1) is 19.9. The number of hydrogen-bond acceptors (Lipinski definition) is 6. The third kappa shape index (κ3) is 3.51. The van der Waals surface area contributed by atoms with Gasteiger partial charge >= 0.3 is 0 Å². The molecule has 1 unspecified atom stereocenters. The van der Waals surface area contributed by atoms with E-state index in [0.29, 0.717) is 11.3 Å². The molecular formula is C18H22N2O5S2. The molecule has 0 spiro atoms. The lowest BCUT2D eigenvalue weighted by atomic mass is 9.98. The molecule has 1 aliphatic rings. The number of rotatable bonds is 6. The molecule has 0 aliphatic heterocycles. The Morgan fingerprint density at radius 3 is 2.56 bits per heavy atom. The maximum atomic E-state index is 13.2. The van der Waals surface area contributed by atoms with Crippen LogP contribution in [0.2, 0.25) is 0 Å². The summed E-state index contributed by atoms with van der Waals surface area (Å²) < 4.78 is 38.0. The summed E-state index contributed by atoms with van der Waals surface area (Å²) in [6.45, 7) is 3.28. The molecule has 1 aromatic carbocycles. The number of carbonyl (C=O) groups excluding carboxylic acids is 1. The average Bonchev–Trinajstić information content (AvgIpc) is 3.39. The van der Waals surface area contributed by atoms with Gasteiger partial charge in [0.15, 0.2) is 14.7 Å². The molecule has 1 aromatic heterocycles. The Balaban J connectivity index is 2.20. The van der Waals surface area contributed by atoms with Crippen LogP contribution in [-0.2, 0) is 28.1 Å². The number of aromatic nitrogens is 2. The van der Waals surface area contributed by atoms with E-state index in [1.807, 2.05) is 0 Å². The van der Waals surface area contributed by atoms with Crippen molar-refractivity contribution < 1.29 is 22.9 Å². The highest BCUT2D eigenvalue weighted by molar-refractivity contribution is 7.94. The van der Waals surface area contributed by atoms with Gasteiger partial charge in [-0.05, 0) is 50.0 Å². The third-order valence-electron chi connectivity index (χ3n) is 4.74. The first-order chi connectivity index (χ1) is 12.6. The van der Waals surface area contributed by atoms with Crippen molar-refractivity contribution in [3.05, 3.63) is 34.5 Å². The molecule has 0 amide bonds. The second-order valence-electron chi connectivity index (χ2n) is 6.78. The third-order valence-corrected chi connectivity index (χ3v) is 7.51. The lowest BCUT2D eigenvalue weighted by molar-refractivity contribution is 0.103. The number of ketones is 1. The van der Waals surface area contributed by atoms with Crippen molar-refractivity contribution in [3.8, 4) is 5.88 Å². The Hall–Kier alpha value is -1.84. The lowest BCUT2D eigenvalue weighted by Crippen LogP contribution is -2.16. The van der Waals surface area contributed by atoms with Gasteiger partial charge in [-0.3, -0.25) is 4.79 Å². The molecule has 1 fully saturated rings. The van der Waals surface area contributed by atoms with Crippen LogP contribution < -0.4 is 0 Å². The van der Waals surface area contributed by atoms with Gasteiger partial charge < -0.3 is 9.66 Å². The zero-order valence-corrected chi connectivity index (χ0v) is 17.3. The summed E-state index contributed by atoms with van der Waals surface area (Å²) in [6.07, 6.45) is 2.87. The lowest BCUT2D eigenvalue weighted by Gasteiger charge is -2.16. The van der Waals surface area contributed by atoms with Gasteiger partial charge in [0, 0.05) is 30.3 Å². The molecule has 27 heavy (non-hydrogen) atoms. The fourth-order valence-electron chi connectivity index (χ4n) is 3.16. The van der Waals surface area contributed by atoms with E-state index in [9.17, 15) is 22.9 Å². The van der Waals surface area contributed by atoms with Gasteiger partial charge in [-0.25, -0.2) is 13.1 Å². The Morgan fingerprint density at radius 1 is 1.41 bits per heavy atom. The number of nitrogens with zero attached hydrogens (tertiary/aromatic N) is 2. The Morgan fingerprint density at radius 2 is 2.04 bits per heavy atom. The molecule has 7 nitrogen and oxygen atoms in total. The van der Waals surface area contributed by atoms with Gasteiger partial charge in [0.25, 0.3) is 0 Å². The molecule has 1 atom stereocenters. The monoisotopic (exact) mass is 410 g/mol. The summed E-state index contributed by atoms with van der Waals surface area (Å²) in [7, 11) is -2.04. The number of hydrogen-bond donors (Lipinski definition) is 1. The van der Waals surface area contributed by atoms with E-state index >= 15 is 0 Å². The zero-order chi connectivity index (χ0) is 20.1. The van der Waals surface area contributed by atoms with Crippen molar-refractivity contribution >= 4 is 26.8 Å². The SMILES string of the molecule is CC[S+]([O-])c1c(S(C)(=O)=O)ccc(C(=O)c2c(C3CC3)nn(C)c2O)c1C. The average molecular weight is 411 g/mol. The number of sulfone groups is 1. The molecule has 1 heterocycles. The smallest absolute Gasteiger partial charge is 0.220 e. The quantitative estimate of drug-likeness (QED) is 0.576. The molecule has 1 N–H and O–H groups in total. The van der Waals surface area contributed by atoms with Crippen molar-refractivity contribution in [2.45, 2.75) is 42.4 Å². The van der Waals surface area contributed by atoms with E-state index in [-0.39, 0.29) is 38.5 Å². The van der Waals surface area contributed by atoms with Crippen LogP contribution in [0, 0.1) is 6.92 Å². The van der Waals surface area contributed by atoms with Crippen LogP contribution in [0.5, 0.6) is 5.88 Å². The predicted octanol–water partition coefficient (Wildman–Crippen LogP) is 2.07. The van der Waals surface area contributed by atoms with Gasteiger partial charge in [0.05, 0.1) is 5.69 Å². The maximum absolute atomic E-state index is 13.2. The molecule has 1 saturated carbocycles.